The highest BCUT2D eigenvalue weighted by molar-refractivity contribution is 7.18. The number of Topliss-reactive ketones (excluding diaryl/α,β-unsaturated/α-hetero) is 1. The third-order valence-electron chi connectivity index (χ3n) is 4.44. The summed E-state index contributed by atoms with van der Waals surface area (Å²) >= 11 is 7.84. The van der Waals surface area contributed by atoms with Gasteiger partial charge in [-0.25, -0.2) is 9.67 Å². The zero-order chi connectivity index (χ0) is 19.7. The van der Waals surface area contributed by atoms with E-state index in [9.17, 15) is 10.1 Å². The number of nitrogens with zero attached hydrogens (tertiary/aromatic N) is 4. The van der Waals surface area contributed by atoms with Crippen molar-refractivity contribution < 1.29 is 4.79 Å². The van der Waals surface area contributed by atoms with Crippen LogP contribution in [0.25, 0.3) is 10.2 Å². The second kappa shape index (κ2) is 7.55. The smallest absolute Gasteiger partial charge is 0.191 e. The van der Waals surface area contributed by atoms with E-state index >= 15 is 0 Å². The van der Waals surface area contributed by atoms with E-state index in [1.807, 2.05) is 54.6 Å². The molecule has 5 nitrogen and oxygen atoms in total. The van der Waals surface area contributed by atoms with Crippen LogP contribution >= 0.6 is 22.9 Å². The van der Waals surface area contributed by atoms with Crippen LogP contribution in [0.4, 0.5) is 0 Å². The van der Waals surface area contributed by atoms with Crippen LogP contribution in [-0.4, -0.2) is 20.5 Å². The summed E-state index contributed by atoms with van der Waals surface area (Å²) in [6.07, 6.45) is 0. The zero-order valence-electron chi connectivity index (χ0n) is 15.0. The minimum atomic E-state index is -1.01. The van der Waals surface area contributed by atoms with Crippen LogP contribution < -0.4 is 0 Å². The summed E-state index contributed by atoms with van der Waals surface area (Å²) in [5, 5.41) is 14.8. The molecule has 1 atom stereocenters. The Morgan fingerprint density at radius 3 is 2.64 bits per heavy atom. The van der Waals surface area contributed by atoms with Crippen molar-refractivity contribution in [2.45, 2.75) is 19.4 Å². The van der Waals surface area contributed by atoms with Gasteiger partial charge in [-0.3, -0.25) is 4.79 Å². The van der Waals surface area contributed by atoms with Crippen molar-refractivity contribution in [3.05, 3.63) is 81.6 Å². The first-order valence-electron chi connectivity index (χ1n) is 8.64. The first-order chi connectivity index (χ1) is 13.6. The largest absolute Gasteiger partial charge is 0.292 e. The molecule has 4 aromatic rings. The Hall–Kier alpha value is -3.01. The fraction of sp³-hybridized carbons (Fsp3) is 0.143. The Morgan fingerprint density at radius 1 is 1.21 bits per heavy atom. The zero-order valence-corrected chi connectivity index (χ0v) is 16.5. The van der Waals surface area contributed by atoms with E-state index in [4.69, 9.17) is 11.6 Å². The molecule has 1 unspecified atom stereocenters. The summed E-state index contributed by atoms with van der Waals surface area (Å²) in [5.74, 6) is -1.38. The summed E-state index contributed by atoms with van der Waals surface area (Å²) in [6, 6.07) is 19.4. The van der Waals surface area contributed by atoms with Gasteiger partial charge >= 0.3 is 0 Å². The van der Waals surface area contributed by atoms with E-state index in [0.29, 0.717) is 17.2 Å². The summed E-state index contributed by atoms with van der Waals surface area (Å²) < 4.78 is 2.53. The predicted octanol–water partition coefficient (Wildman–Crippen LogP) is 4.99. The first kappa shape index (κ1) is 18.4. The van der Waals surface area contributed by atoms with Crippen molar-refractivity contribution in [3.63, 3.8) is 0 Å². The first-order valence-corrected chi connectivity index (χ1v) is 9.84. The highest BCUT2D eigenvalue weighted by atomic mass is 35.5. The highest BCUT2D eigenvalue weighted by Crippen LogP contribution is 2.32. The van der Waals surface area contributed by atoms with Crippen LogP contribution in [0.2, 0.25) is 5.15 Å². The van der Waals surface area contributed by atoms with Gasteiger partial charge in [0.15, 0.2) is 11.7 Å². The van der Waals surface area contributed by atoms with E-state index in [1.165, 1.54) is 11.3 Å². The van der Waals surface area contributed by atoms with Crippen molar-refractivity contribution in [2.24, 2.45) is 0 Å². The molecule has 2 aromatic heterocycles. The molecule has 0 aliphatic carbocycles. The molecular formula is C21H15ClN4OS. The Kier molecular flexibility index (Phi) is 4.95. The van der Waals surface area contributed by atoms with Crippen LogP contribution in [0.5, 0.6) is 0 Å². The summed E-state index contributed by atoms with van der Waals surface area (Å²) in [4.78, 5) is 17.6. The molecule has 7 heteroatoms. The molecule has 0 bridgehead atoms. The number of aryl methyl sites for hydroxylation is 1. The molecule has 0 N–H and O–H groups in total. The van der Waals surface area contributed by atoms with Crippen molar-refractivity contribution in [2.75, 3.05) is 0 Å². The Labute approximate surface area is 170 Å². The van der Waals surface area contributed by atoms with Crippen molar-refractivity contribution in [1.82, 2.24) is 14.8 Å². The standard InChI is InChI=1S/C21H15ClN4OS/c1-13-18(20(22)26(25-13)12-14-7-3-2-4-8-14)19(27)15(11-23)21-24-16-9-5-6-10-17(16)28-21/h2-10,15H,12H2,1H3. The monoisotopic (exact) mass is 406 g/mol. The molecule has 0 amide bonds. The lowest BCUT2D eigenvalue weighted by Gasteiger charge is -2.06. The fourth-order valence-electron chi connectivity index (χ4n) is 3.08. The second-order valence-electron chi connectivity index (χ2n) is 6.34. The van der Waals surface area contributed by atoms with E-state index in [-0.39, 0.29) is 16.5 Å². The number of rotatable bonds is 5. The molecule has 2 heterocycles. The molecule has 0 saturated heterocycles. The van der Waals surface area contributed by atoms with Crippen LogP contribution in [0, 0.1) is 18.3 Å². The SMILES string of the molecule is Cc1nn(Cc2ccccc2)c(Cl)c1C(=O)C(C#N)c1nc2ccccc2s1. The van der Waals surface area contributed by atoms with Gasteiger partial charge in [-0.15, -0.1) is 11.3 Å². The van der Waals surface area contributed by atoms with Gasteiger partial charge in [0, 0.05) is 0 Å². The summed E-state index contributed by atoms with van der Waals surface area (Å²) in [5.41, 5.74) is 2.59. The van der Waals surface area contributed by atoms with Gasteiger partial charge in [-0.05, 0) is 24.6 Å². The number of para-hydroxylation sites is 1. The maximum Gasteiger partial charge on any atom is 0.191 e. The number of carbonyl (C=O) groups excluding carboxylic acids is 1. The Morgan fingerprint density at radius 2 is 1.93 bits per heavy atom. The number of fused-ring (bicyclic) bond motifs is 1. The molecule has 2 aromatic carbocycles. The van der Waals surface area contributed by atoms with Gasteiger partial charge < -0.3 is 0 Å². The summed E-state index contributed by atoms with van der Waals surface area (Å²) in [7, 11) is 0. The van der Waals surface area contributed by atoms with Crippen molar-refractivity contribution >= 4 is 38.9 Å². The highest BCUT2D eigenvalue weighted by Gasteiger charge is 2.30. The third kappa shape index (κ3) is 3.31. The number of halogens is 1. The molecule has 4 rings (SSSR count). The number of carbonyl (C=O) groups is 1. The van der Waals surface area contributed by atoms with Crippen molar-refractivity contribution in [3.8, 4) is 6.07 Å². The van der Waals surface area contributed by atoms with Gasteiger partial charge in [0.2, 0.25) is 0 Å². The molecular weight excluding hydrogens is 392 g/mol. The number of hydrogen-bond acceptors (Lipinski definition) is 5. The van der Waals surface area contributed by atoms with Gasteiger partial charge in [-0.1, -0.05) is 54.1 Å². The minimum absolute atomic E-state index is 0.243. The molecule has 0 fully saturated rings. The Bertz CT molecular complexity index is 1170. The van der Waals surface area contributed by atoms with Gasteiger partial charge in [0.25, 0.3) is 0 Å². The predicted molar refractivity (Wildman–Crippen MR) is 110 cm³/mol. The van der Waals surface area contributed by atoms with Gasteiger partial charge in [0.1, 0.15) is 10.2 Å². The van der Waals surface area contributed by atoms with E-state index in [2.05, 4.69) is 16.2 Å². The number of benzene rings is 2. The van der Waals surface area contributed by atoms with Crippen LogP contribution in [0.3, 0.4) is 0 Å². The molecule has 28 heavy (non-hydrogen) atoms. The van der Waals surface area contributed by atoms with Crippen LogP contribution in [0.1, 0.15) is 32.5 Å². The number of nitriles is 1. The minimum Gasteiger partial charge on any atom is -0.292 e. The third-order valence-corrected chi connectivity index (χ3v) is 5.92. The number of hydrogen-bond donors (Lipinski definition) is 0. The molecule has 0 spiro atoms. The lowest BCUT2D eigenvalue weighted by Crippen LogP contribution is -2.12. The normalized spacial score (nSPS) is 12.0. The fourth-order valence-corrected chi connectivity index (χ4v) is 4.42. The molecule has 0 aliphatic heterocycles. The molecule has 0 radical (unpaired) electrons. The summed E-state index contributed by atoms with van der Waals surface area (Å²) in [6.45, 7) is 2.18. The van der Waals surface area contributed by atoms with Gasteiger partial charge in [0.05, 0.1) is 34.1 Å². The van der Waals surface area contributed by atoms with Crippen LogP contribution in [0.15, 0.2) is 54.6 Å². The van der Waals surface area contributed by atoms with Gasteiger partial charge in [-0.2, -0.15) is 10.4 Å². The van der Waals surface area contributed by atoms with E-state index in [1.54, 1.807) is 11.6 Å². The lowest BCUT2D eigenvalue weighted by atomic mass is 10.00. The quantitative estimate of drug-likeness (QED) is 0.437. The second-order valence-corrected chi connectivity index (χ2v) is 7.76. The van der Waals surface area contributed by atoms with E-state index < -0.39 is 5.92 Å². The van der Waals surface area contributed by atoms with E-state index in [0.717, 1.165) is 15.8 Å². The van der Waals surface area contributed by atoms with Crippen molar-refractivity contribution in [1.29, 1.82) is 5.26 Å². The Balaban J connectivity index is 1.69. The maximum atomic E-state index is 13.2. The average Bonchev–Trinajstić information content (AvgIpc) is 3.23. The average molecular weight is 407 g/mol. The molecule has 0 saturated carbocycles. The maximum absolute atomic E-state index is 13.2. The molecule has 0 aliphatic rings. The number of aromatic nitrogens is 3. The number of ketones is 1. The van der Waals surface area contributed by atoms with Crippen LogP contribution in [-0.2, 0) is 6.54 Å². The molecule has 138 valence electrons. The number of thiazole rings is 1. The topological polar surface area (TPSA) is 71.6 Å². The lowest BCUT2D eigenvalue weighted by molar-refractivity contribution is 0.0978.